The van der Waals surface area contributed by atoms with E-state index in [9.17, 15) is 4.39 Å². The number of nitrogens with one attached hydrogen (secondary N) is 1. The molecule has 0 aliphatic rings. The van der Waals surface area contributed by atoms with Gasteiger partial charge in [-0.15, -0.1) is 11.8 Å². The highest BCUT2D eigenvalue weighted by Crippen LogP contribution is 2.39. The number of hydrogen-bond donors (Lipinski definition) is 1. The second-order valence-corrected chi connectivity index (χ2v) is 8.30. The molecular weight excluding hydrogens is 375 g/mol. The number of thioether (sulfide) groups is 1. The summed E-state index contributed by atoms with van der Waals surface area (Å²) in [6.45, 7) is 3.15. The third kappa shape index (κ3) is 5.33. The van der Waals surface area contributed by atoms with E-state index in [1.54, 1.807) is 35.2 Å². The van der Waals surface area contributed by atoms with E-state index in [4.69, 9.17) is 4.98 Å². The minimum atomic E-state index is -0.228. The molecule has 27 heavy (non-hydrogen) atoms. The van der Waals surface area contributed by atoms with Gasteiger partial charge in [0.25, 0.3) is 0 Å². The summed E-state index contributed by atoms with van der Waals surface area (Å²) < 4.78 is 13.4. The zero-order valence-electron chi connectivity index (χ0n) is 15.8. The molecule has 0 unspecified atom stereocenters. The van der Waals surface area contributed by atoms with Crippen LogP contribution in [0.15, 0.2) is 53.4 Å². The molecule has 0 fully saturated rings. The monoisotopic (exact) mass is 400 g/mol. The van der Waals surface area contributed by atoms with Crippen LogP contribution in [0.5, 0.6) is 0 Å². The van der Waals surface area contributed by atoms with Crippen molar-refractivity contribution in [3.05, 3.63) is 54.3 Å². The first-order chi connectivity index (χ1) is 13.2. The first kappa shape index (κ1) is 19.9. The Kier molecular flexibility index (Phi) is 7.30. The van der Waals surface area contributed by atoms with Crippen LogP contribution in [0.2, 0.25) is 0 Å². The standard InChI is InChI=1S/C22H25FN2S2/c1-3-4-5-6-15-24-22-25-20(16-7-11-18(23)12-8-16)21(27-22)17-9-13-19(26-2)14-10-17/h7-14H,3-6,15H2,1-2H3,(H,24,25). The van der Waals surface area contributed by atoms with Gasteiger partial charge in [-0.25, -0.2) is 9.37 Å². The van der Waals surface area contributed by atoms with Crippen molar-refractivity contribution in [3.63, 3.8) is 0 Å². The number of anilines is 1. The van der Waals surface area contributed by atoms with E-state index in [-0.39, 0.29) is 5.82 Å². The minimum absolute atomic E-state index is 0.228. The Labute approximate surface area is 169 Å². The molecule has 1 N–H and O–H groups in total. The zero-order valence-corrected chi connectivity index (χ0v) is 17.4. The molecule has 0 aliphatic heterocycles. The third-order valence-electron chi connectivity index (χ3n) is 4.40. The summed E-state index contributed by atoms with van der Waals surface area (Å²) in [7, 11) is 0. The summed E-state index contributed by atoms with van der Waals surface area (Å²) in [5.74, 6) is -0.228. The molecule has 0 amide bonds. The summed E-state index contributed by atoms with van der Waals surface area (Å²) in [5, 5.41) is 4.39. The molecular formula is C22H25FN2S2. The Balaban J connectivity index is 1.87. The van der Waals surface area contributed by atoms with Gasteiger partial charge in [-0.1, -0.05) is 49.7 Å². The lowest BCUT2D eigenvalue weighted by atomic mass is 10.1. The van der Waals surface area contributed by atoms with Gasteiger partial charge in [0, 0.05) is 17.0 Å². The van der Waals surface area contributed by atoms with E-state index in [0.717, 1.165) is 39.8 Å². The number of halogens is 1. The van der Waals surface area contributed by atoms with Crippen molar-refractivity contribution in [2.24, 2.45) is 0 Å². The molecule has 0 aliphatic carbocycles. The van der Waals surface area contributed by atoms with Crippen molar-refractivity contribution in [2.75, 3.05) is 18.1 Å². The Bertz CT molecular complexity index is 842. The number of unbranched alkanes of at least 4 members (excludes halogenated alkanes) is 3. The van der Waals surface area contributed by atoms with Crippen molar-refractivity contribution in [1.29, 1.82) is 0 Å². The molecule has 3 rings (SSSR count). The number of benzene rings is 2. The molecule has 0 bridgehead atoms. The Morgan fingerprint density at radius 2 is 1.67 bits per heavy atom. The predicted octanol–water partition coefficient (Wildman–Crippen LogP) is 7.33. The second kappa shape index (κ2) is 9.90. The molecule has 0 saturated carbocycles. The van der Waals surface area contributed by atoms with Gasteiger partial charge in [-0.05, 0) is 54.6 Å². The van der Waals surface area contributed by atoms with Gasteiger partial charge >= 0.3 is 0 Å². The van der Waals surface area contributed by atoms with Crippen LogP contribution < -0.4 is 5.32 Å². The fraction of sp³-hybridized carbons (Fsp3) is 0.318. The van der Waals surface area contributed by atoms with Gasteiger partial charge in [-0.2, -0.15) is 0 Å². The maximum atomic E-state index is 13.4. The van der Waals surface area contributed by atoms with Gasteiger partial charge in [0.15, 0.2) is 5.13 Å². The lowest BCUT2D eigenvalue weighted by Crippen LogP contribution is -2.00. The third-order valence-corrected chi connectivity index (χ3v) is 6.21. The van der Waals surface area contributed by atoms with Crippen LogP contribution in [0.1, 0.15) is 32.6 Å². The minimum Gasteiger partial charge on any atom is -0.361 e. The van der Waals surface area contributed by atoms with Gasteiger partial charge < -0.3 is 5.32 Å². The van der Waals surface area contributed by atoms with Gasteiger partial charge in [0.1, 0.15) is 5.82 Å². The van der Waals surface area contributed by atoms with E-state index >= 15 is 0 Å². The molecule has 1 aromatic heterocycles. The molecule has 0 spiro atoms. The summed E-state index contributed by atoms with van der Waals surface area (Å²) in [6, 6.07) is 15.1. The van der Waals surface area contributed by atoms with Crippen LogP contribution in [-0.4, -0.2) is 17.8 Å². The van der Waals surface area contributed by atoms with Crippen molar-refractivity contribution < 1.29 is 4.39 Å². The van der Waals surface area contributed by atoms with Crippen LogP contribution in [0, 0.1) is 5.82 Å². The average molecular weight is 401 g/mol. The fourth-order valence-corrected chi connectivity index (χ4v) is 4.31. The quantitative estimate of drug-likeness (QED) is 0.301. The smallest absolute Gasteiger partial charge is 0.183 e. The molecule has 0 radical (unpaired) electrons. The lowest BCUT2D eigenvalue weighted by Gasteiger charge is -2.04. The number of hydrogen-bond acceptors (Lipinski definition) is 4. The Morgan fingerprint density at radius 3 is 2.33 bits per heavy atom. The van der Waals surface area contributed by atoms with E-state index in [2.05, 4.69) is 42.8 Å². The maximum Gasteiger partial charge on any atom is 0.183 e. The van der Waals surface area contributed by atoms with Crippen molar-refractivity contribution >= 4 is 28.2 Å². The first-order valence-corrected chi connectivity index (χ1v) is 11.4. The molecule has 3 aromatic rings. The zero-order chi connectivity index (χ0) is 19.1. The second-order valence-electron chi connectivity index (χ2n) is 6.42. The fourth-order valence-electron chi connectivity index (χ4n) is 2.88. The highest BCUT2D eigenvalue weighted by molar-refractivity contribution is 7.98. The number of nitrogens with zero attached hydrogens (tertiary/aromatic N) is 1. The summed E-state index contributed by atoms with van der Waals surface area (Å²) in [4.78, 5) is 7.18. The number of thiazole rings is 1. The summed E-state index contributed by atoms with van der Waals surface area (Å²) in [6.07, 6.45) is 6.97. The first-order valence-electron chi connectivity index (χ1n) is 9.36. The van der Waals surface area contributed by atoms with Crippen LogP contribution in [0.25, 0.3) is 21.7 Å². The van der Waals surface area contributed by atoms with Crippen LogP contribution >= 0.6 is 23.1 Å². The molecule has 2 nitrogen and oxygen atoms in total. The van der Waals surface area contributed by atoms with Crippen LogP contribution in [-0.2, 0) is 0 Å². The average Bonchev–Trinajstić information content (AvgIpc) is 3.12. The van der Waals surface area contributed by atoms with Crippen molar-refractivity contribution in [1.82, 2.24) is 4.98 Å². The SMILES string of the molecule is CCCCCCNc1nc(-c2ccc(F)cc2)c(-c2ccc(SC)cc2)s1. The van der Waals surface area contributed by atoms with E-state index in [1.807, 2.05) is 0 Å². The van der Waals surface area contributed by atoms with E-state index in [0.29, 0.717) is 0 Å². The van der Waals surface area contributed by atoms with Crippen LogP contribution in [0.3, 0.4) is 0 Å². The molecule has 0 saturated heterocycles. The predicted molar refractivity (Wildman–Crippen MR) is 117 cm³/mol. The molecule has 1 heterocycles. The number of aromatic nitrogens is 1. The van der Waals surface area contributed by atoms with Gasteiger partial charge in [-0.3, -0.25) is 0 Å². The van der Waals surface area contributed by atoms with E-state index < -0.39 is 0 Å². The van der Waals surface area contributed by atoms with Gasteiger partial charge in [0.05, 0.1) is 10.6 Å². The highest BCUT2D eigenvalue weighted by atomic mass is 32.2. The lowest BCUT2D eigenvalue weighted by molar-refractivity contribution is 0.628. The van der Waals surface area contributed by atoms with E-state index in [1.165, 1.54) is 36.3 Å². The normalized spacial score (nSPS) is 10.9. The summed E-state index contributed by atoms with van der Waals surface area (Å²) in [5.41, 5.74) is 2.99. The highest BCUT2D eigenvalue weighted by Gasteiger charge is 2.15. The molecule has 142 valence electrons. The Morgan fingerprint density at radius 1 is 0.963 bits per heavy atom. The number of rotatable bonds is 9. The topological polar surface area (TPSA) is 24.9 Å². The van der Waals surface area contributed by atoms with Crippen molar-refractivity contribution in [2.45, 2.75) is 37.5 Å². The Hall–Kier alpha value is -1.85. The summed E-state index contributed by atoms with van der Waals surface area (Å²) >= 11 is 3.40. The maximum absolute atomic E-state index is 13.4. The van der Waals surface area contributed by atoms with Gasteiger partial charge in [0.2, 0.25) is 0 Å². The van der Waals surface area contributed by atoms with Crippen molar-refractivity contribution in [3.8, 4) is 21.7 Å². The molecule has 5 heteroatoms. The largest absolute Gasteiger partial charge is 0.361 e. The molecule has 2 aromatic carbocycles. The molecule has 0 atom stereocenters. The van der Waals surface area contributed by atoms with Crippen LogP contribution in [0.4, 0.5) is 9.52 Å².